The molecule has 0 radical (unpaired) electrons. The first kappa shape index (κ1) is 20.2. The minimum Gasteiger partial charge on any atom is -0.369 e. The van der Waals surface area contributed by atoms with Crippen molar-refractivity contribution >= 4 is 28.9 Å². The summed E-state index contributed by atoms with van der Waals surface area (Å²) in [4.78, 5) is 19.4. The lowest BCUT2D eigenvalue weighted by molar-refractivity contribution is 0.0957. The Hall–Kier alpha value is -2.54. The molecule has 3 N–H and O–H groups in total. The minimum atomic E-state index is -0.000315. The lowest BCUT2D eigenvalue weighted by Gasteiger charge is -2.20. The number of benzene rings is 1. The monoisotopic (exact) mass is 399 g/mol. The Morgan fingerprint density at radius 2 is 2.00 bits per heavy atom. The predicted molar refractivity (Wildman–Crippen MR) is 118 cm³/mol. The molecule has 150 valence electrons. The first-order chi connectivity index (χ1) is 13.7. The van der Waals surface area contributed by atoms with Crippen LogP contribution in [0.25, 0.3) is 0 Å². The molecular formula is C21H29N5OS. The first-order valence-corrected chi connectivity index (χ1v) is 10.6. The largest absolute Gasteiger partial charge is 0.369 e. The molecule has 6 nitrogen and oxygen atoms in total. The highest BCUT2D eigenvalue weighted by molar-refractivity contribution is 7.12. The van der Waals surface area contributed by atoms with Gasteiger partial charge in [-0.2, -0.15) is 0 Å². The van der Waals surface area contributed by atoms with Gasteiger partial charge in [-0.3, -0.25) is 9.79 Å². The van der Waals surface area contributed by atoms with Gasteiger partial charge in [0.25, 0.3) is 5.91 Å². The smallest absolute Gasteiger partial charge is 0.261 e. The zero-order valence-corrected chi connectivity index (χ0v) is 17.4. The molecule has 0 bridgehead atoms. The van der Waals surface area contributed by atoms with Crippen LogP contribution in [0.1, 0.15) is 28.1 Å². The summed E-state index contributed by atoms with van der Waals surface area (Å²) in [7, 11) is 1.79. The fourth-order valence-electron chi connectivity index (χ4n) is 3.25. The van der Waals surface area contributed by atoms with Gasteiger partial charge in [0.1, 0.15) is 0 Å². The molecular weight excluding hydrogens is 370 g/mol. The Morgan fingerprint density at radius 1 is 1.21 bits per heavy atom. The Bertz CT molecular complexity index is 773. The molecule has 1 aromatic heterocycles. The quantitative estimate of drug-likeness (QED) is 0.380. The minimum absolute atomic E-state index is 0.000315. The summed E-state index contributed by atoms with van der Waals surface area (Å²) in [5.74, 6) is 0.819. The van der Waals surface area contributed by atoms with Crippen molar-refractivity contribution in [2.24, 2.45) is 4.99 Å². The van der Waals surface area contributed by atoms with E-state index in [1.807, 2.05) is 17.5 Å². The van der Waals surface area contributed by atoms with Gasteiger partial charge in [-0.1, -0.05) is 23.8 Å². The molecule has 0 spiro atoms. The third-order valence-corrected chi connectivity index (χ3v) is 5.70. The number of hydrogen-bond acceptors (Lipinski definition) is 4. The number of thiophene rings is 1. The summed E-state index contributed by atoms with van der Waals surface area (Å²) in [6, 6.07) is 12.8. The van der Waals surface area contributed by atoms with Crippen LogP contribution in [0, 0.1) is 6.92 Å². The van der Waals surface area contributed by atoms with Crippen LogP contribution >= 0.6 is 11.3 Å². The van der Waals surface area contributed by atoms with Gasteiger partial charge in [0.05, 0.1) is 4.88 Å². The number of carbonyl (C=O) groups excluding carboxylic acids is 1. The standard InChI is InChI=1S/C21H29N5OS/c1-16-6-8-18(9-7-16)26-13-10-17(15-26)25-21(22-2)24-12-4-11-23-20(27)19-5-3-14-28-19/h3,5-9,14,17H,4,10-13,15H2,1-2H3,(H,23,27)(H2,22,24,25). The predicted octanol–water partition coefficient (Wildman–Crippen LogP) is 2.62. The summed E-state index contributed by atoms with van der Waals surface area (Å²) in [6.45, 7) is 5.54. The normalized spacial score (nSPS) is 16.9. The fraction of sp³-hybridized carbons (Fsp3) is 0.429. The van der Waals surface area contributed by atoms with E-state index >= 15 is 0 Å². The molecule has 0 aliphatic carbocycles. The molecule has 1 saturated heterocycles. The van der Waals surface area contributed by atoms with Crippen molar-refractivity contribution in [3.63, 3.8) is 0 Å². The lowest BCUT2D eigenvalue weighted by Crippen LogP contribution is -2.45. The van der Waals surface area contributed by atoms with Crippen molar-refractivity contribution < 1.29 is 4.79 Å². The van der Waals surface area contributed by atoms with Crippen LogP contribution in [0.4, 0.5) is 5.69 Å². The molecule has 1 unspecified atom stereocenters. The Morgan fingerprint density at radius 3 is 2.71 bits per heavy atom. The van der Waals surface area contributed by atoms with Crippen molar-refractivity contribution in [2.45, 2.75) is 25.8 Å². The third-order valence-electron chi connectivity index (χ3n) is 4.83. The molecule has 1 fully saturated rings. The number of anilines is 1. The van der Waals surface area contributed by atoms with E-state index in [1.54, 1.807) is 7.05 Å². The summed E-state index contributed by atoms with van der Waals surface area (Å²) in [6.07, 6.45) is 1.93. The highest BCUT2D eigenvalue weighted by Crippen LogP contribution is 2.20. The fourth-order valence-corrected chi connectivity index (χ4v) is 3.89. The topological polar surface area (TPSA) is 68.8 Å². The van der Waals surface area contributed by atoms with Gasteiger partial charge in [-0.25, -0.2) is 0 Å². The van der Waals surface area contributed by atoms with E-state index in [4.69, 9.17) is 0 Å². The summed E-state index contributed by atoms with van der Waals surface area (Å²) >= 11 is 1.46. The van der Waals surface area contributed by atoms with Crippen LogP contribution in [0.3, 0.4) is 0 Å². The van der Waals surface area contributed by atoms with Crippen LogP contribution in [0.5, 0.6) is 0 Å². The number of nitrogens with zero attached hydrogens (tertiary/aromatic N) is 2. The zero-order valence-electron chi connectivity index (χ0n) is 16.6. The molecule has 1 aliphatic heterocycles. The number of nitrogens with one attached hydrogen (secondary N) is 3. The Balaban J connectivity index is 1.34. The number of aryl methyl sites for hydroxylation is 1. The van der Waals surface area contributed by atoms with Gasteiger partial charge in [-0.15, -0.1) is 11.3 Å². The average molecular weight is 400 g/mol. The molecule has 1 amide bonds. The molecule has 0 saturated carbocycles. The van der Waals surface area contributed by atoms with E-state index in [2.05, 4.69) is 57.0 Å². The zero-order chi connectivity index (χ0) is 19.8. The van der Waals surface area contributed by atoms with Crippen LogP contribution in [0.2, 0.25) is 0 Å². The van der Waals surface area contributed by atoms with Crippen molar-refractivity contribution in [1.82, 2.24) is 16.0 Å². The number of amides is 1. The van der Waals surface area contributed by atoms with Crippen LogP contribution < -0.4 is 20.9 Å². The summed E-state index contributed by atoms with van der Waals surface area (Å²) < 4.78 is 0. The molecule has 1 atom stereocenters. The van der Waals surface area contributed by atoms with Crippen molar-refractivity contribution in [3.05, 3.63) is 52.2 Å². The van der Waals surface area contributed by atoms with Crippen LogP contribution in [-0.2, 0) is 0 Å². The van der Waals surface area contributed by atoms with E-state index < -0.39 is 0 Å². The number of carbonyl (C=O) groups is 1. The van der Waals surface area contributed by atoms with Gasteiger partial charge in [0, 0.05) is 45.0 Å². The van der Waals surface area contributed by atoms with Crippen molar-refractivity contribution in [3.8, 4) is 0 Å². The van der Waals surface area contributed by atoms with Gasteiger partial charge in [0.2, 0.25) is 0 Å². The van der Waals surface area contributed by atoms with Gasteiger partial charge >= 0.3 is 0 Å². The maximum Gasteiger partial charge on any atom is 0.261 e. The Kier molecular flexibility index (Phi) is 7.31. The molecule has 2 heterocycles. The number of rotatable bonds is 7. The number of hydrogen-bond donors (Lipinski definition) is 3. The highest BCUT2D eigenvalue weighted by atomic mass is 32.1. The van der Waals surface area contributed by atoms with Crippen molar-refractivity contribution in [1.29, 1.82) is 0 Å². The second-order valence-electron chi connectivity index (χ2n) is 7.00. The molecule has 1 aliphatic rings. The third kappa shape index (κ3) is 5.73. The Labute approximate surface area is 171 Å². The van der Waals surface area contributed by atoms with E-state index in [0.717, 1.165) is 43.3 Å². The molecule has 3 rings (SSSR count). The first-order valence-electron chi connectivity index (χ1n) is 9.76. The number of aliphatic imine (C=N–C) groups is 1. The maximum atomic E-state index is 11.9. The molecule has 7 heteroatoms. The maximum absolute atomic E-state index is 11.9. The average Bonchev–Trinajstić information content (AvgIpc) is 3.39. The lowest BCUT2D eigenvalue weighted by atomic mass is 10.2. The van der Waals surface area contributed by atoms with Gasteiger partial charge in [0.15, 0.2) is 5.96 Å². The van der Waals surface area contributed by atoms with E-state index in [-0.39, 0.29) is 5.91 Å². The van der Waals surface area contributed by atoms with Crippen LogP contribution in [-0.4, -0.2) is 51.1 Å². The van der Waals surface area contributed by atoms with Gasteiger partial charge < -0.3 is 20.9 Å². The van der Waals surface area contributed by atoms with Gasteiger partial charge in [-0.05, 0) is 43.3 Å². The summed E-state index contributed by atoms with van der Waals surface area (Å²) in [5, 5.41) is 11.7. The number of guanidine groups is 1. The SMILES string of the molecule is CN=C(NCCCNC(=O)c1cccs1)NC1CCN(c2ccc(C)cc2)C1. The van der Waals surface area contributed by atoms with Crippen molar-refractivity contribution in [2.75, 3.05) is 38.1 Å². The molecule has 1 aromatic carbocycles. The van der Waals surface area contributed by atoms with E-state index in [0.29, 0.717) is 12.6 Å². The summed E-state index contributed by atoms with van der Waals surface area (Å²) in [5.41, 5.74) is 2.56. The second-order valence-corrected chi connectivity index (χ2v) is 7.94. The second kappa shape index (κ2) is 10.1. The van der Waals surface area contributed by atoms with Crippen LogP contribution in [0.15, 0.2) is 46.8 Å². The van der Waals surface area contributed by atoms with E-state index in [9.17, 15) is 4.79 Å². The highest BCUT2D eigenvalue weighted by Gasteiger charge is 2.23. The molecule has 2 aromatic rings. The molecule has 28 heavy (non-hydrogen) atoms. The van der Waals surface area contributed by atoms with E-state index in [1.165, 1.54) is 22.6 Å².